The highest BCUT2D eigenvalue weighted by molar-refractivity contribution is 5.74. The van der Waals surface area contributed by atoms with Gasteiger partial charge in [0, 0.05) is 5.56 Å². The first-order chi connectivity index (χ1) is 14.1. The smallest absolute Gasteiger partial charge is 0.207 e. The van der Waals surface area contributed by atoms with Gasteiger partial charge < -0.3 is 0 Å². The van der Waals surface area contributed by atoms with Crippen LogP contribution in [0.5, 0.6) is 0 Å². The Morgan fingerprint density at radius 1 is 0.552 bits per heavy atom. The van der Waals surface area contributed by atoms with E-state index < -0.39 is 0 Å². The Morgan fingerprint density at radius 3 is 1.48 bits per heavy atom. The number of aryl methyl sites for hydroxylation is 3. The average Bonchev–Trinajstić information content (AvgIpc) is 2.75. The summed E-state index contributed by atoms with van der Waals surface area (Å²) in [5, 5.41) is 0. The van der Waals surface area contributed by atoms with E-state index in [0.717, 1.165) is 35.5 Å². The number of hydrogen-bond acceptors (Lipinski definition) is 0. The lowest BCUT2D eigenvalue weighted by atomic mass is 10.00. The summed E-state index contributed by atoms with van der Waals surface area (Å²) in [5.41, 5.74) is 8.43. The molecule has 0 amide bonds. The molecule has 0 aliphatic rings. The van der Waals surface area contributed by atoms with Gasteiger partial charge in [-0.3, -0.25) is 0 Å². The first kappa shape index (κ1) is 19.1. The fraction of sp³-hybridized carbons (Fsp3) is 0.179. The SMILES string of the molecule is CCCc1ccc(-c2cc(-c3ccc(C)cc3)cc(-c3ccc(C)cc3)[o+]2)cc1. The van der Waals surface area contributed by atoms with Gasteiger partial charge in [-0.2, -0.15) is 0 Å². The van der Waals surface area contributed by atoms with Crippen LogP contribution in [0.4, 0.5) is 0 Å². The predicted molar refractivity (Wildman–Crippen MR) is 123 cm³/mol. The van der Waals surface area contributed by atoms with Gasteiger partial charge >= 0.3 is 11.5 Å². The molecule has 0 aliphatic heterocycles. The van der Waals surface area contributed by atoms with E-state index in [0.29, 0.717) is 0 Å². The molecule has 0 saturated carbocycles. The van der Waals surface area contributed by atoms with Crippen molar-refractivity contribution in [3.63, 3.8) is 0 Å². The highest BCUT2D eigenvalue weighted by Gasteiger charge is 2.20. The van der Waals surface area contributed by atoms with Crippen LogP contribution in [-0.2, 0) is 6.42 Å². The summed E-state index contributed by atoms with van der Waals surface area (Å²) in [5.74, 6) is 1.78. The van der Waals surface area contributed by atoms with Crippen molar-refractivity contribution < 1.29 is 4.42 Å². The molecule has 0 spiro atoms. The largest absolute Gasteiger partial charge is 0.361 e. The maximum Gasteiger partial charge on any atom is 0.361 e. The van der Waals surface area contributed by atoms with Gasteiger partial charge in [-0.25, -0.2) is 4.42 Å². The molecule has 0 unspecified atom stereocenters. The lowest BCUT2D eigenvalue weighted by Crippen LogP contribution is -1.88. The Balaban J connectivity index is 1.83. The van der Waals surface area contributed by atoms with Crippen LogP contribution in [0.25, 0.3) is 33.8 Å². The van der Waals surface area contributed by atoms with Crippen LogP contribution in [0, 0.1) is 13.8 Å². The topological polar surface area (TPSA) is 11.3 Å². The van der Waals surface area contributed by atoms with Gasteiger partial charge in [-0.1, -0.05) is 73.0 Å². The van der Waals surface area contributed by atoms with Crippen LogP contribution in [-0.4, -0.2) is 0 Å². The van der Waals surface area contributed by atoms with E-state index in [-0.39, 0.29) is 0 Å². The molecule has 3 aromatic carbocycles. The minimum Gasteiger partial charge on any atom is -0.207 e. The van der Waals surface area contributed by atoms with Crippen LogP contribution < -0.4 is 0 Å². The Kier molecular flexibility index (Phi) is 5.57. The molecule has 1 aromatic heterocycles. The summed E-state index contributed by atoms with van der Waals surface area (Å²) >= 11 is 0. The van der Waals surface area contributed by atoms with Gasteiger partial charge in [0.2, 0.25) is 0 Å². The third-order valence-electron chi connectivity index (χ3n) is 5.29. The Labute approximate surface area is 173 Å². The number of benzene rings is 3. The zero-order valence-corrected chi connectivity index (χ0v) is 17.4. The Morgan fingerprint density at radius 2 is 1.00 bits per heavy atom. The molecule has 29 heavy (non-hydrogen) atoms. The molecule has 4 aromatic rings. The van der Waals surface area contributed by atoms with Crippen LogP contribution in [0.15, 0.2) is 89.3 Å². The second-order valence-corrected chi connectivity index (χ2v) is 7.75. The second kappa shape index (κ2) is 8.45. The van der Waals surface area contributed by atoms with Gasteiger partial charge in [-0.05, 0) is 55.7 Å². The molecule has 0 atom stereocenters. The maximum absolute atomic E-state index is 6.38. The van der Waals surface area contributed by atoms with Crippen molar-refractivity contribution in [3.05, 3.63) is 102 Å². The Bertz CT molecular complexity index is 1020. The van der Waals surface area contributed by atoms with Gasteiger partial charge in [0.05, 0.1) is 23.3 Å². The van der Waals surface area contributed by atoms with Crippen LogP contribution in [0.1, 0.15) is 30.0 Å². The number of rotatable bonds is 5. The van der Waals surface area contributed by atoms with Gasteiger partial charge in [0.25, 0.3) is 0 Å². The summed E-state index contributed by atoms with van der Waals surface area (Å²) in [7, 11) is 0. The van der Waals surface area contributed by atoms with Crippen LogP contribution in [0.2, 0.25) is 0 Å². The Hall–Kier alpha value is -3.19. The van der Waals surface area contributed by atoms with E-state index in [2.05, 4.69) is 106 Å². The molecule has 1 heteroatoms. The predicted octanol–water partition coefficient (Wildman–Crippen LogP) is 8.13. The molecule has 1 nitrogen and oxygen atoms in total. The third-order valence-corrected chi connectivity index (χ3v) is 5.29. The summed E-state index contributed by atoms with van der Waals surface area (Å²) in [6.45, 7) is 6.43. The molecule has 0 aliphatic carbocycles. The van der Waals surface area contributed by atoms with E-state index in [1.54, 1.807) is 0 Å². The van der Waals surface area contributed by atoms with E-state index in [4.69, 9.17) is 4.42 Å². The van der Waals surface area contributed by atoms with E-state index >= 15 is 0 Å². The van der Waals surface area contributed by atoms with Gasteiger partial charge in [0.15, 0.2) is 0 Å². The number of hydrogen-bond donors (Lipinski definition) is 0. The first-order valence-electron chi connectivity index (χ1n) is 10.3. The van der Waals surface area contributed by atoms with E-state index in [1.165, 1.54) is 27.8 Å². The molecule has 144 valence electrons. The lowest BCUT2D eigenvalue weighted by molar-refractivity contribution is 0.582. The van der Waals surface area contributed by atoms with Crippen LogP contribution >= 0.6 is 0 Å². The molecule has 0 radical (unpaired) electrons. The summed E-state index contributed by atoms with van der Waals surface area (Å²) < 4.78 is 6.38. The molecule has 4 rings (SSSR count). The fourth-order valence-corrected chi connectivity index (χ4v) is 3.54. The minimum atomic E-state index is 0.885. The third kappa shape index (κ3) is 4.46. The van der Waals surface area contributed by atoms with Crippen molar-refractivity contribution in [2.75, 3.05) is 0 Å². The summed E-state index contributed by atoms with van der Waals surface area (Å²) in [6.07, 6.45) is 2.26. The molecule has 1 heterocycles. The van der Waals surface area contributed by atoms with Crippen molar-refractivity contribution in [2.24, 2.45) is 0 Å². The highest BCUT2D eigenvalue weighted by Crippen LogP contribution is 2.33. The molecular formula is C28H27O+. The van der Waals surface area contributed by atoms with Crippen molar-refractivity contribution >= 4 is 0 Å². The van der Waals surface area contributed by atoms with Crippen molar-refractivity contribution in [1.29, 1.82) is 0 Å². The molecular weight excluding hydrogens is 352 g/mol. The van der Waals surface area contributed by atoms with Crippen LogP contribution in [0.3, 0.4) is 0 Å². The highest BCUT2D eigenvalue weighted by atomic mass is 16.3. The van der Waals surface area contributed by atoms with E-state index in [1.807, 2.05) is 0 Å². The minimum absolute atomic E-state index is 0.885. The standard InChI is InChI=1S/C28H27O/c1-4-5-22-10-16-25(17-11-22)28-19-26(23-12-6-20(2)7-13-23)18-27(29-28)24-14-8-21(3)9-15-24/h6-19H,4-5H2,1-3H3/q+1. The monoisotopic (exact) mass is 379 g/mol. The van der Waals surface area contributed by atoms with Gasteiger partial charge in [-0.15, -0.1) is 0 Å². The summed E-state index contributed by atoms with van der Waals surface area (Å²) in [6, 6.07) is 30.2. The van der Waals surface area contributed by atoms with E-state index in [9.17, 15) is 0 Å². The molecule has 0 fully saturated rings. The molecule has 0 N–H and O–H groups in total. The zero-order chi connectivity index (χ0) is 20.2. The lowest BCUT2D eigenvalue weighted by Gasteiger charge is -2.04. The molecule has 0 bridgehead atoms. The fourth-order valence-electron chi connectivity index (χ4n) is 3.54. The second-order valence-electron chi connectivity index (χ2n) is 7.75. The van der Waals surface area contributed by atoms with Crippen molar-refractivity contribution in [2.45, 2.75) is 33.6 Å². The normalized spacial score (nSPS) is 10.9. The maximum atomic E-state index is 6.38. The van der Waals surface area contributed by atoms with Crippen molar-refractivity contribution in [3.8, 4) is 33.8 Å². The van der Waals surface area contributed by atoms with Gasteiger partial charge in [0.1, 0.15) is 0 Å². The van der Waals surface area contributed by atoms with Crippen molar-refractivity contribution in [1.82, 2.24) is 0 Å². The zero-order valence-electron chi connectivity index (χ0n) is 17.4. The quantitative estimate of drug-likeness (QED) is 0.319. The first-order valence-corrected chi connectivity index (χ1v) is 10.3. The average molecular weight is 380 g/mol. The summed E-state index contributed by atoms with van der Waals surface area (Å²) in [4.78, 5) is 0. The molecule has 0 saturated heterocycles.